The number of aromatic nitrogens is 2. The predicted octanol–water partition coefficient (Wildman–Crippen LogP) is 3.88. The average Bonchev–Trinajstić information content (AvgIpc) is 2.85. The Morgan fingerprint density at radius 3 is 2.36 bits per heavy atom. The van der Waals surface area contributed by atoms with E-state index < -0.39 is 5.97 Å². The highest BCUT2D eigenvalue weighted by atomic mass is 35.5. The largest absolute Gasteiger partial charge is 0.481 e. The van der Waals surface area contributed by atoms with Crippen molar-refractivity contribution in [2.45, 2.75) is 13.0 Å². The number of anilines is 1. The first-order chi connectivity index (χ1) is 11.5. The van der Waals surface area contributed by atoms with Crippen LogP contribution in [0.4, 0.5) is 5.69 Å². The Morgan fingerprint density at radius 2 is 1.76 bits per heavy atom. The molecule has 5 nitrogen and oxygen atoms in total. The minimum atomic E-state index is -0.949. The highest BCUT2D eigenvalue weighted by Gasteiger charge is 2.19. The Morgan fingerprint density at radius 1 is 1.12 bits per heavy atom. The van der Waals surface area contributed by atoms with Gasteiger partial charge in [0.05, 0.1) is 12.1 Å². The maximum absolute atomic E-state index is 11.2. The van der Waals surface area contributed by atoms with Gasteiger partial charge in [0.2, 0.25) is 0 Å². The van der Waals surface area contributed by atoms with Crippen LogP contribution in [-0.2, 0) is 17.8 Å². The zero-order valence-electron chi connectivity index (χ0n) is 13.2. The van der Waals surface area contributed by atoms with Crippen molar-refractivity contribution in [3.63, 3.8) is 0 Å². The molecule has 3 N–H and O–H groups in total. The first-order valence-corrected chi connectivity index (χ1v) is 7.79. The number of benzene rings is 2. The van der Waals surface area contributed by atoms with E-state index in [0.29, 0.717) is 23.8 Å². The number of halogens is 2. The van der Waals surface area contributed by atoms with Crippen molar-refractivity contribution in [2.24, 2.45) is 0 Å². The third kappa shape index (κ3) is 4.32. The molecule has 0 bridgehead atoms. The Balaban J connectivity index is 0.00000225. The van der Waals surface area contributed by atoms with E-state index in [4.69, 9.17) is 17.3 Å². The molecule has 1 heterocycles. The van der Waals surface area contributed by atoms with Gasteiger partial charge in [-0.05, 0) is 29.8 Å². The van der Waals surface area contributed by atoms with Gasteiger partial charge in [0.1, 0.15) is 5.82 Å². The van der Waals surface area contributed by atoms with Crippen molar-refractivity contribution < 1.29 is 9.90 Å². The molecule has 0 atom stereocenters. The molecular weight excluding hydrogens is 361 g/mol. The second-order valence-corrected chi connectivity index (χ2v) is 5.80. The molecule has 0 amide bonds. The summed E-state index contributed by atoms with van der Waals surface area (Å²) in [6.45, 7) is 0.489. The summed E-state index contributed by atoms with van der Waals surface area (Å²) < 4.78 is 1.84. The molecule has 0 fully saturated rings. The monoisotopic (exact) mass is 377 g/mol. The molecule has 3 rings (SSSR count). The summed E-state index contributed by atoms with van der Waals surface area (Å²) in [5, 5.41) is 9.39. The van der Waals surface area contributed by atoms with Crippen molar-refractivity contribution in [3.05, 3.63) is 71.0 Å². The van der Waals surface area contributed by atoms with E-state index in [1.165, 1.54) is 0 Å². The zero-order valence-corrected chi connectivity index (χ0v) is 14.8. The fourth-order valence-electron chi connectivity index (χ4n) is 2.56. The lowest BCUT2D eigenvalue weighted by atomic mass is 10.1. The van der Waals surface area contributed by atoms with Crippen molar-refractivity contribution in [2.75, 3.05) is 5.73 Å². The lowest BCUT2D eigenvalue weighted by molar-refractivity contribution is -0.136. The Bertz CT molecular complexity index is 862. The van der Waals surface area contributed by atoms with Crippen LogP contribution >= 0.6 is 24.0 Å². The molecule has 2 aromatic carbocycles. The first-order valence-electron chi connectivity index (χ1n) is 7.41. The number of carbonyl (C=O) groups is 1. The minimum Gasteiger partial charge on any atom is -0.481 e. The number of hydrogen-bond donors (Lipinski definition) is 2. The van der Waals surface area contributed by atoms with Gasteiger partial charge in [-0.3, -0.25) is 4.79 Å². The van der Waals surface area contributed by atoms with Gasteiger partial charge in [-0.2, -0.15) is 0 Å². The quantitative estimate of drug-likeness (QED) is 0.661. The summed E-state index contributed by atoms with van der Waals surface area (Å²) in [6, 6.07) is 17.0. The molecule has 130 valence electrons. The van der Waals surface area contributed by atoms with E-state index in [1.54, 1.807) is 12.1 Å². The van der Waals surface area contributed by atoms with Gasteiger partial charge in [-0.1, -0.05) is 41.9 Å². The lowest BCUT2D eigenvalue weighted by Gasteiger charge is -2.12. The number of nitrogens with two attached hydrogens (primary N) is 1. The third-order valence-corrected chi connectivity index (χ3v) is 4.00. The fraction of sp³-hybridized carbons (Fsp3) is 0.111. The Hall–Kier alpha value is -2.50. The standard InChI is InChI=1S/C18H16ClN3O2.ClH/c19-17-15(10-16(23)24)22(11-12-4-2-1-3-5-12)18(21-17)13-6-8-14(20)9-7-13;/h1-9H,10-11,20H2,(H,23,24);1H. The van der Waals surface area contributed by atoms with E-state index >= 15 is 0 Å². The summed E-state index contributed by atoms with van der Waals surface area (Å²) in [7, 11) is 0. The van der Waals surface area contributed by atoms with Gasteiger partial charge in [-0.15, -0.1) is 12.4 Å². The van der Waals surface area contributed by atoms with Gasteiger partial charge in [0.15, 0.2) is 5.15 Å². The normalized spacial score (nSPS) is 10.3. The third-order valence-electron chi connectivity index (χ3n) is 3.69. The molecule has 25 heavy (non-hydrogen) atoms. The topological polar surface area (TPSA) is 81.1 Å². The summed E-state index contributed by atoms with van der Waals surface area (Å²) >= 11 is 6.22. The summed E-state index contributed by atoms with van der Waals surface area (Å²) in [5.41, 5.74) is 8.74. The predicted molar refractivity (Wildman–Crippen MR) is 101 cm³/mol. The maximum atomic E-state index is 11.2. The van der Waals surface area contributed by atoms with E-state index in [9.17, 15) is 9.90 Å². The van der Waals surface area contributed by atoms with Gasteiger partial charge in [-0.25, -0.2) is 4.98 Å². The van der Waals surface area contributed by atoms with Gasteiger partial charge in [0, 0.05) is 17.8 Å². The summed E-state index contributed by atoms with van der Waals surface area (Å²) in [4.78, 5) is 15.6. The van der Waals surface area contributed by atoms with Crippen molar-refractivity contribution >= 4 is 35.7 Å². The van der Waals surface area contributed by atoms with Crippen LogP contribution < -0.4 is 5.73 Å². The van der Waals surface area contributed by atoms with E-state index in [2.05, 4.69) is 4.98 Å². The number of carboxylic acids is 1. The van der Waals surface area contributed by atoms with Crippen LogP contribution in [0.1, 0.15) is 11.3 Å². The van der Waals surface area contributed by atoms with Crippen molar-refractivity contribution in [1.29, 1.82) is 0 Å². The summed E-state index contributed by atoms with van der Waals surface area (Å²) in [5.74, 6) is -0.324. The molecule has 7 heteroatoms. The lowest BCUT2D eigenvalue weighted by Crippen LogP contribution is -2.11. The van der Waals surface area contributed by atoms with Crippen LogP contribution in [0, 0.1) is 0 Å². The van der Waals surface area contributed by atoms with Crippen LogP contribution in [0.25, 0.3) is 11.4 Å². The van der Waals surface area contributed by atoms with Gasteiger partial charge < -0.3 is 15.4 Å². The molecule has 1 aromatic heterocycles. The van der Waals surface area contributed by atoms with Gasteiger partial charge in [0.25, 0.3) is 0 Å². The van der Waals surface area contributed by atoms with Crippen molar-refractivity contribution in [1.82, 2.24) is 9.55 Å². The number of hydrogen-bond acceptors (Lipinski definition) is 3. The molecule has 0 radical (unpaired) electrons. The smallest absolute Gasteiger partial charge is 0.309 e. The van der Waals surface area contributed by atoms with Gasteiger partial charge >= 0.3 is 5.97 Å². The highest BCUT2D eigenvalue weighted by molar-refractivity contribution is 6.30. The second-order valence-electron chi connectivity index (χ2n) is 5.44. The van der Waals surface area contributed by atoms with E-state index in [-0.39, 0.29) is 24.0 Å². The molecule has 0 aliphatic heterocycles. The first kappa shape index (κ1) is 18.8. The van der Waals surface area contributed by atoms with E-state index in [0.717, 1.165) is 11.1 Å². The second kappa shape index (κ2) is 8.05. The molecule has 0 spiro atoms. The van der Waals surface area contributed by atoms with Crippen LogP contribution in [0.5, 0.6) is 0 Å². The number of nitrogen functional groups attached to an aromatic ring is 1. The molecule has 0 aliphatic carbocycles. The zero-order chi connectivity index (χ0) is 17.1. The Kier molecular flexibility index (Phi) is 6.07. The van der Waals surface area contributed by atoms with Crippen LogP contribution in [0.2, 0.25) is 5.15 Å². The molecule has 0 saturated heterocycles. The molecule has 0 saturated carbocycles. The minimum absolute atomic E-state index is 0. The SMILES string of the molecule is Cl.Nc1ccc(-c2nc(Cl)c(CC(=O)O)n2Cc2ccccc2)cc1. The average molecular weight is 378 g/mol. The number of aliphatic carboxylic acids is 1. The fourth-order valence-corrected chi connectivity index (χ4v) is 2.81. The Labute approximate surface area is 156 Å². The molecule has 0 aliphatic rings. The molecule has 0 unspecified atom stereocenters. The number of rotatable bonds is 5. The van der Waals surface area contributed by atoms with Crippen LogP contribution in [-0.4, -0.2) is 20.6 Å². The van der Waals surface area contributed by atoms with Crippen LogP contribution in [0.3, 0.4) is 0 Å². The number of carboxylic acid groups (broad SMARTS) is 1. The summed E-state index contributed by atoms with van der Waals surface area (Å²) in [6.07, 6.45) is -0.187. The van der Waals surface area contributed by atoms with Crippen molar-refractivity contribution in [3.8, 4) is 11.4 Å². The van der Waals surface area contributed by atoms with E-state index in [1.807, 2.05) is 47.0 Å². The molecule has 3 aromatic rings. The maximum Gasteiger partial charge on any atom is 0.309 e. The number of imidazole rings is 1. The van der Waals surface area contributed by atoms with Crippen LogP contribution in [0.15, 0.2) is 54.6 Å². The highest BCUT2D eigenvalue weighted by Crippen LogP contribution is 2.27. The molecular formula is C18H17Cl2N3O2. The number of nitrogens with zero attached hydrogens (tertiary/aromatic N) is 2.